The minimum atomic E-state index is -4.55. The van der Waals surface area contributed by atoms with E-state index in [4.69, 9.17) is 4.74 Å². The molecule has 116 valence electrons. The van der Waals surface area contributed by atoms with E-state index < -0.39 is 17.6 Å². The number of ether oxygens (including phenoxy) is 1. The monoisotopic (exact) mass is 366 g/mol. The summed E-state index contributed by atoms with van der Waals surface area (Å²) in [4.78, 5) is 12.9. The highest BCUT2D eigenvalue weighted by Crippen LogP contribution is 2.41. The van der Waals surface area contributed by atoms with Crippen molar-refractivity contribution in [1.82, 2.24) is 0 Å². The smallest absolute Gasteiger partial charge is 0.378 e. The van der Waals surface area contributed by atoms with E-state index in [-0.39, 0.29) is 10.2 Å². The molecule has 21 heavy (non-hydrogen) atoms. The summed E-state index contributed by atoms with van der Waals surface area (Å²) in [5.74, 6) is -0.555. The molecule has 1 aromatic rings. The van der Waals surface area contributed by atoms with Crippen LogP contribution >= 0.6 is 15.9 Å². The summed E-state index contributed by atoms with van der Waals surface area (Å²) in [7, 11) is 0. The Kier molecular flexibility index (Phi) is 4.77. The van der Waals surface area contributed by atoms with Crippen molar-refractivity contribution >= 4 is 33.2 Å². The van der Waals surface area contributed by atoms with Crippen LogP contribution in [-0.4, -0.2) is 32.2 Å². The Bertz CT molecular complexity index is 543. The Labute approximate surface area is 128 Å². The lowest BCUT2D eigenvalue weighted by atomic mass is 10.1. The third-order valence-electron chi connectivity index (χ3n) is 3.06. The number of alkyl halides is 3. The molecule has 0 unspecified atom stereocenters. The Morgan fingerprint density at radius 3 is 2.48 bits per heavy atom. The molecule has 1 saturated heterocycles. The van der Waals surface area contributed by atoms with Crippen molar-refractivity contribution in [2.45, 2.75) is 13.1 Å². The van der Waals surface area contributed by atoms with Crippen LogP contribution in [0.3, 0.4) is 0 Å². The number of carbonyl (C=O) groups excluding carboxylic acids is 1. The molecule has 0 saturated carbocycles. The molecule has 1 heterocycles. The second-order valence-electron chi connectivity index (χ2n) is 4.63. The highest BCUT2D eigenvalue weighted by atomic mass is 79.9. The number of rotatable bonds is 2. The largest absolute Gasteiger partial charge is 0.418 e. The van der Waals surface area contributed by atoms with E-state index in [0.29, 0.717) is 32.0 Å². The van der Waals surface area contributed by atoms with Gasteiger partial charge in [-0.05, 0) is 28.1 Å². The summed E-state index contributed by atoms with van der Waals surface area (Å²) in [6, 6.07) is 2.63. The van der Waals surface area contributed by atoms with Crippen molar-refractivity contribution in [3.8, 4) is 0 Å². The lowest BCUT2D eigenvalue weighted by molar-refractivity contribution is -0.137. The summed E-state index contributed by atoms with van der Waals surface area (Å²) < 4.78 is 45.0. The fraction of sp³-hybridized carbons (Fsp3) is 0.462. The van der Waals surface area contributed by atoms with Gasteiger partial charge in [-0.2, -0.15) is 13.2 Å². The van der Waals surface area contributed by atoms with Crippen LogP contribution in [0.1, 0.15) is 12.5 Å². The van der Waals surface area contributed by atoms with E-state index in [1.54, 1.807) is 6.07 Å². The van der Waals surface area contributed by atoms with Crippen LogP contribution in [0.15, 0.2) is 16.6 Å². The fourth-order valence-electron chi connectivity index (χ4n) is 2.12. The third kappa shape index (κ3) is 3.88. The Morgan fingerprint density at radius 1 is 1.33 bits per heavy atom. The summed E-state index contributed by atoms with van der Waals surface area (Å²) in [5, 5.41) is 2.23. The maximum absolute atomic E-state index is 13.2. The van der Waals surface area contributed by atoms with Crippen molar-refractivity contribution in [2.75, 3.05) is 36.5 Å². The van der Waals surface area contributed by atoms with Crippen molar-refractivity contribution in [3.05, 3.63) is 22.2 Å². The summed E-state index contributed by atoms with van der Waals surface area (Å²) in [6.45, 7) is 3.19. The number of hydrogen-bond donors (Lipinski definition) is 1. The number of nitrogens with one attached hydrogen (secondary N) is 1. The lowest BCUT2D eigenvalue weighted by Gasteiger charge is -2.30. The highest BCUT2D eigenvalue weighted by Gasteiger charge is 2.36. The summed E-state index contributed by atoms with van der Waals surface area (Å²) in [6.07, 6.45) is -4.55. The van der Waals surface area contributed by atoms with Gasteiger partial charge in [-0.15, -0.1) is 0 Å². The molecular weight excluding hydrogens is 353 g/mol. The topological polar surface area (TPSA) is 41.6 Å². The Morgan fingerprint density at radius 2 is 1.95 bits per heavy atom. The predicted molar refractivity (Wildman–Crippen MR) is 76.5 cm³/mol. The van der Waals surface area contributed by atoms with Crippen molar-refractivity contribution in [2.24, 2.45) is 0 Å². The fourth-order valence-corrected chi connectivity index (χ4v) is 2.67. The third-order valence-corrected chi connectivity index (χ3v) is 3.68. The molecule has 0 bridgehead atoms. The molecule has 8 heteroatoms. The van der Waals surface area contributed by atoms with Crippen molar-refractivity contribution < 1.29 is 22.7 Å². The van der Waals surface area contributed by atoms with Crippen LogP contribution in [0.5, 0.6) is 0 Å². The van der Waals surface area contributed by atoms with Crippen molar-refractivity contribution in [1.29, 1.82) is 0 Å². The SMILES string of the molecule is CC(=O)Nc1c(Br)cc(N2CCOCC2)cc1C(F)(F)F. The van der Waals surface area contributed by atoms with Gasteiger partial charge >= 0.3 is 6.18 Å². The van der Waals surface area contributed by atoms with Crippen LogP contribution < -0.4 is 10.2 Å². The standard InChI is InChI=1S/C13H14BrF3N2O2/c1-8(20)18-12-10(13(15,16)17)6-9(7-11(12)14)19-2-4-21-5-3-19/h6-7H,2-5H2,1H3,(H,18,20). The first-order valence-corrected chi connectivity index (χ1v) is 7.09. The zero-order chi connectivity index (χ0) is 15.6. The van der Waals surface area contributed by atoms with Gasteiger partial charge in [-0.25, -0.2) is 0 Å². The number of morpholine rings is 1. The maximum Gasteiger partial charge on any atom is 0.418 e. The number of halogens is 4. The first kappa shape index (κ1) is 16.1. The lowest BCUT2D eigenvalue weighted by Crippen LogP contribution is -2.36. The molecule has 0 aliphatic carbocycles. The van der Waals surface area contributed by atoms with E-state index in [1.165, 1.54) is 6.92 Å². The molecule has 1 aliphatic heterocycles. The molecule has 1 N–H and O–H groups in total. The van der Waals surface area contributed by atoms with Gasteiger partial charge in [0.2, 0.25) is 5.91 Å². The molecule has 0 aromatic heterocycles. The molecule has 1 fully saturated rings. The molecule has 0 radical (unpaired) electrons. The van der Waals surface area contributed by atoms with Crippen molar-refractivity contribution in [3.63, 3.8) is 0 Å². The van der Waals surface area contributed by atoms with Gasteiger partial charge in [-0.1, -0.05) is 0 Å². The zero-order valence-electron chi connectivity index (χ0n) is 11.3. The number of benzene rings is 1. The minimum Gasteiger partial charge on any atom is -0.378 e. The number of hydrogen-bond acceptors (Lipinski definition) is 3. The quantitative estimate of drug-likeness (QED) is 0.873. The van der Waals surface area contributed by atoms with Crippen LogP contribution in [0, 0.1) is 0 Å². The number of carbonyl (C=O) groups is 1. The molecule has 1 amide bonds. The first-order chi connectivity index (χ1) is 9.79. The average Bonchev–Trinajstić information content (AvgIpc) is 2.40. The first-order valence-electron chi connectivity index (χ1n) is 6.30. The predicted octanol–water partition coefficient (Wildman–Crippen LogP) is 3.26. The van der Waals surface area contributed by atoms with E-state index in [1.807, 2.05) is 4.90 Å². The van der Waals surface area contributed by atoms with Crippen LogP contribution in [-0.2, 0) is 15.7 Å². The van der Waals surface area contributed by atoms with Crippen LogP contribution in [0.4, 0.5) is 24.5 Å². The normalized spacial score (nSPS) is 16.0. The summed E-state index contributed by atoms with van der Waals surface area (Å²) >= 11 is 3.11. The number of nitrogens with zero attached hydrogens (tertiary/aromatic N) is 1. The minimum absolute atomic E-state index is 0.203. The van der Waals surface area contributed by atoms with E-state index in [2.05, 4.69) is 21.2 Å². The molecule has 1 aliphatic rings. The van der Waals surface area contributed by atoms with Crippen LogP contribution in [0.25, 0.3) is 0 Å². The molecule has 1 aromatic carbocycles. The van der Waals surface area contributed by atoms with Gasteiger partial charge in [0.05, 0.1) is 24.5 Å². The van der Waals surface area contributed by atoms with E-state index >= 15 is 0 Å². The second-order valence-corrected chi connectivity index (χ2v) is 5.48. The van der Waals surface area contributed by atoms with Gasteiger partial charge < -0.3 is 15.0 Å². The molecular formula is C13H14BrF3N2O2. The Balaban J connectivity index is 2.46. The number of anilines is 2. The zero-order valence-corrected chi connectivity index (χ0v) is 12.8. The average molecular weight is 367 g/mol. The molecule has 4 nitrogen and oxygen atoms in total. The maximum atomic E-state index is 13.2. The highest BCUT2D eigenvalue weighted by molar-refractivity contribution is 9.10. The van der Waals surface area contributed by atoms with Gasteiger partial charge in [0.25, 0.3) is 0 Å². The molecule has 0 atom stereocenters. The molecule has 0 spiro atoms. The number of amides is 1. The van der Waals surface area contributed by atoms with Crippen LogP contribution in [0.2, 0.25) is 0 Å². The van der Waals surface area contributed by atoms with E-state index in [9.17, 15) is 18.0 Å². The van der Waals surface area contributed by atoms with Gasteiger partial charge in [0.15, 0.2) is 0 Å². The molecule has 2 rings (SSSR count). The summed E-state index contributed by atoms with van der Waals surface area (Å²) in [5.41, 5.74) is -0.674. The van der Waals surface area contributed by atoms with E-state index in [0.717, 1.165) is 6.07 Å². The second kappa shape index (κ2) is 6.23. The Hall–Kier alpha value is -1.28. The van der Waals surface area contributed by atoms with Gasteiger partial charge in [0, 0.05) is 30.2 Å². The van der Waals surface area contributed by atoms with Gasteiger partial charge in [-0.3, -0.25) is 4.79 Å². The van der Waals surface area contributed by atoms with Gasteiger partial charge in [0.1, 0.15) is 0 Å².